The number of benzene rings is 1. The first-order valence-electron chi connectivity index (χ1n) is 7.36. The molecule has 1 saturated heterocycles. The predicted octanol–water partition coefficient (Wildman–Crippen LogP) is 2.06. The number of nitrogens with zero attached hydrogens (tertiary/aromatic N) is 1. The fraction of sp³-hybridized carbons (Fsp3) is 0.500. The van der Waals surface area contributed by atoms with Gasteiger partial charge in [-0.1, -0.05) is 11.6 Å². The smallest absolute Gasteiger partial charge is 0.336 e. The molecule has 0 spiro atoms. The number of rotatable bonds is 7. The summed E-state index contributed by atoms with van der Waals surface area (Å²) in [5.74, 6) is -0.907. The summed E-state index contributed by atoms with van der Waals surface area (Å²) in [5.41, 5.74) is -0.743. The number of nitro groups is 1. The molecule has 25 heavy (non-hydrogen) atoms. The maximum atomic E-state index is 12.2. The second kappa shape index (κ2) is 8.09. The lowest BCUT2D eigenvalue weighted by molar-refractivity contribution is -0.387. The van der Waals surface area contributed by atoms with E-state index in [1.807, 2.05) is 0 Å². The van der Waals surface area contributed by atoms with Crippen molar-refractivity contribution in [2.24, 2.45) is 0 Å². The minimum absolute atomic E-state index is 0.00493. The van der Waals surface area contributed by atoms with Crippen molar-refractivity contribution in [1.29, 1.82) is 0 Å². The molecule has 2 atom stereocenters. The van der Waals surface area contributed by atoms with Gasteiger partial charge in [-0.15, -0.1) is 0 Å². The summed E-state index contributed by atoms with van der Waals surface area (Å²) in [4.78, 5) is 21.3. The van der Waals surface area contributed by atoms with E-state index < -0.39 is 37.7 Å². The largest absolute Gasteiger partial charge is 0.461 e. The van der Waals surface area contributed by atoms with Crippen molar-refractivity contribution >= 4 is 33.4 Å². The lowest BCUT2D eigenvalue weighted by Gasteiger charge is -2.15. The Labute approximate surface area is 149 Å². The van der Waals surface area contributed by atoms with Gasteiger partial charge in [-0.25, -0.2) is 4.79 Å². The van der Waals surface area contributed by atoms with Crippen molar-refractivity contribution < 1.29 is 31.8 Å². The highest BCUT2D eigenvalue weighted by atomic mass is 35.5. The molecule has 1 aromatic rings. The summed E-state index contributed by atoms with van der Waals surface area (Å²) in [5, 5.41) is 11.0. The standard InChI is InChI=1S/C14H16ClNO8S/c1-9(14(17)23-8-11-3-2-6-22-11)24-25(20,21)13-5-4-10(15)7-12(13)16(18)19/h4-5,7,9,11H,2-3,6,8H2,1H3. The first-order chi connectivity index (χ1) is 11.7. The number of carbonyl (C=O) groups excluding carboxylic acids is 1. The van der Waals surface area contributed by atoms with Gasteiger partial charge >= 0.3 is 16.1 Å². The Bertz CT molecular complexity index is 760. The highest BCUT2D eigenvalue weighted by Gasteiger charge is 2.31. The van der Waals surface area contributed by atoms with E-state index >= 15 is 0 Å². The summed E-state index contributed by atoms with van der Waals surface area (Å²) in [6.07, 6.45) is -0.0764. The highest BCUT2D eigenvalue weighted by molar-refractivity contribution is 7.87. The molecule has 0 saturated carbocycles. The van der Waals surface area contributed by atoms with Crippen molar-refractivity contribution in [1.82, 2.24) is 0 Å². The van der Waals surface area contributed by atoms with Crippen LogP contribution in [0.15, 0.2) is 23.1 Å². The van der Waals surface area contributed by atoms with Crippen LogP contribution in [-0.4, -0.2) is 44.7 Å². The number of hydrogen-bond donors (Lipinski definition) is 0. The highest BCUT2D eigenvalue weighted by Crippen LogP contribution is 2.29. The normalized spacial score (nSPS) is 18.7. The molecule has 1 heterocycles. The van der Waals surface area contributed by atoms with Crippen LogP contribution in [0.1, 0.15) is 19.8 Å². The SMILES string of the molecule is CC(OS(=O)(=O)c1ccc(Cl)cc1[N+](=O)[O-])C(=O)OCC1CCCO1. The van der Waals surface area contributed by atoms with Crippen LogP contribution < -0.4 is 0 Å². The van der Waals surface area contributed by atoms with Gasteiger partial charge in [-0.3, -0.25) is 14.3 Å². The molecular formula is C14H16ClNO8S. The number of carbonyl (C=O) groups is 1. The van der Waals surface area contributed by atoms with Crippen LogP contribution in [0.3, 0.4) is 0 Å². The van der Waals surface area contributed by atoms with Crippen molar-refractivity contribution in [2.75, 3.05) is 13.2 Å². The molecule has 0 bridgehead atoms. The topological polar surface area (TPSA) is 122 Å². The molecule has 1 aromatic carbocycles. The molecule has 2 rings (SSSR count). The third-order valence-electron chi connectivity index (χ3n) is 3.43. The van der Waals surface area contributed by atoms with Crippen molar-refractivity contribution in [3.63, 3.8) is 0 Å². The first-order valence-corrected chi connectivity index (χ1v) is 9.15. The molecule has 0 aliphatic carbocycles. The van der Waals surface area contributed by atoms with E-state index in [9.17, 15) is 23.3 Å². The van der Waals surface area contributed by atoms with Crippen LogP contribution in [0.25, 0.3) is 0 Å². The van der Waals surface area contributed by atoms with Crippen molar-refractivity contribution in [2.45, 2.75) is 36.9 Å². The Morgan fingerprint density at radius 1 is 1.52 bits per heavy atom. The van der Waals surface area contributed by atoms with Gasteiger partial charge in [-0.05, 0) is 31.9 Å². The second-order valence-corrected chi connectivity index (χ2v) is 7.30. The molecule has 2 unspecified atom stereocenters. The Morgan fingerprint density at radius 2 is 2.24 bits per heavy atom. The average molecular weight is 394 g/mol. The third-order valence-corrected chi connectivity index (χ3v) is 5.09. The molecule has 1 fully saturated rings. The monoisotopic (exact) mass is 393 g/mol. The van der Waals surface area contributed by atoms with Gasteiger partial charge < -0.3 is 9.47 Å². The average Bonchev–Trinajstić information content (AvgIpc) is 3.05. The quantitative estimate of drug-likeness (QED) is 0.298. The minimum Gasteiger partial charge on any atom is -0.461 e. The molecule has 0 radical (unpaired) electrons. The third kappa shape index (κ3) is 5.11. The van der Waals surface area contributed by atoms with Crippen LogP contribution in [0.5, 0.6) is 0 Å². The van der Waals surface area contributed by atoms with Crippen LogP contribution in [0.4, 0.5) is 5.69 Å². The number of esters is 1. The zero-order valence-electron chi connectivity index (χ0n) is 13.2. The molecule has 1 aliphatic heterocycles. The molecule has 0 amide bonds. The fourth-order valence-electron chi connectivity index (χ4n) is 2.19. The first kappa shape index (κ1) is 19.6. The van der Waals surface area contributed by atoms with Crippen LogP contribution in [0, 0.1) is 10.1 Å². The number of halogens is 1. The van der Waals surface area contributed by atoms with E-state index in [4.69, 9.17) is 25.3 Å². The number of nitro benzene ring substituents is 1. The van der Waals surface area contributed by atoms with E-state index in [1.165, 1.54) is 13.0 Å². The Hall–Kier alpha value is -1.75. The molecule has 0 aromatic heterocycles. The maximum absolute atomic E-state index is 12.2. The van der Waals surface area contributed by atoms with E-state index in [0.717, 1.165) is 25.0 Å². The fourth-order valence-corrected chi connectivity index (χ4v) is 3.55. The Morgan fingerprint density at radius 3 is 2.84 bits per heavy atom. The van der Waals surface area contributed by atoms with Gasteiger partial charge in [0.25, 0.3) is 5.69 Å². The zero-order valence-corrected chi connectivity index (χ0v) is 14.8. The van der Waals surface area contributed by atoms with E-state index in [-0.39, 0.29) is 17.7 Å². The van der Waals surface area contributed by atoms with Gasteiger partial charge in [0.2, 0.25) is 0 Å². The summed E-state index contributed by atoms with van der Waals surface area (Å²) in [6.45, 7) is 1.76. The summed E-state index contributed by atoms with van der Waals surface area (Å²) < 4.78 is 39.5. The van der Waals surface area contributed by atoms with Crippen molar-refractivity contribution in [3.8, 4) is 0 Å². The lowest BCUT2D eigenvalue weighted by Crippen LogP contribution is -2.29. The molecule has 9 nitrogen and oxygen atoms in total. The van der Waals surface area contributed by atoms with Gasteiger partial charge in [0.1, 0.15) is 6.61 Å². The van der Waals surface area contributed by atoms with Gasteiger partial charge in [0.05, 0.1) is 11.0 Å². The zero-order chi connectivity index (χ0) is 18.6. The molecule has 1 aliphatic rings. The van der Waals surface area contributed by atoms with Gasteiger partial charge in [0, 0.05) is 17.7 Å². The van der Waals surface area contributed by atoms with Crippen LogP contribution in [0.2, 0.25) is 5.02 Å². The molecule has 11 heteroatoms. The Balaban J connectivity index is 2.07. The Kier molecular flexibility index (Phi) is 6.33. The number of hydrogen-bond acceptors (Lipinski definition) is 8. The van der Waals surface area contributed by atoms with Gasteiger partial charge in [0.15, 0.2) is 11.0 Å². The van der Waals surface area contributed by atoms with Crippen molar-refractivity contribution in [3.05, 3.63) is 33.3 Å². The second-order valence-electron chi connectivity index (χ2n) is 5.33. The minimum atomic E-state index is -4.57. The summed E-state index contributed by atoms with van der Waals surface area (Å²) >= 11 is 5.64. The summed E-state index contributed by atoms with van der Waals surface area (Å²) in [7, 11) is -4.57. The van der Waals surface area contributed by atoms with E-state index in [1.54, 1.807) is 0 Å². The molecule has 0 N–H and O–H groups in total. The van der Waals surface area contributed by atoms with Crippen LogP contribution >= 0.6 is 11.6 Å². The number of ether oxygens (including phenoxy) is 2. The summed E-state index contributed by atoms with van der Waals surface area (Å²) in [6, 6.07) is 3.00. The predicted molar refractivity (Wildman–Crippen MR) is 85.8 cm³/mol. The van der Waals surface area contributed by atoms with E-state index in [0.29, 0.717) is 6.61 Å². The van der Waals surface area contributed by atoms with Crippen LogP contribution in [-0.2, 0) is 28.6 Å². The molecular weight excluding hydrogens is 378 g/mol. The van der Waals surface area contributed by atoms with E-state index in [2.05, 4.69) is 0 Å². The molecule has 138 valence electrons. The maximum Gasteiger partial charge on any atom is 0.336 e. The van der Waals surface area contributed by atoms with Gasteiger partial charge in [-0.2, -0.15) is 8.42 Å². The lowest BCUT2D eigenvalue weighted by atomic mass is 10.2.